The fourth-order valence-corrected chi connectivity index (χ4v) is 3.36. The lowest BCUT2D eigenvalue weighted by Gasteiger charge is -2.17. The fourth-order valence-electron chi connectivity index (χ4n) is 2.63. The van der Waals surface area contributed by atoms with Crippen molar-refractivity contribution in [3.63, 3.8) is 0 Å². The summed E-state index contributed by atoms with van der Waals surface area (Å²) in [7, 11) is 0. The maximum Gasteiger partial charge on any atom is 0.230 e. The average molecular weight is 299 g/mol. The van der Waals surface area contributed by atoms with Crippen molar-refractivity contribution in [2.45, 2.75) is 23.5 Å². The Balaban J connectivity index is 1.60. The summed E-state index contributed by atoms with van der Waals surface area (Å²) in [5.74, 6) is 0.305. The van der Waals surface area contributed by atoms with Crippen LogP contribution in [0.5, 0.6) is 0 Å². The highest BCUT2D eigenvalue weighted by molar-refractivity contribution is 8.00. The van der Waals surface area contributed by atoms with Gasteiger partial charge >= 0.3 is 0 Å². The van der Waals surface area contributed by atoms with Gasteiger partial charge in [-0.25, -0.2) is 0 Å². The molecule has 4 heteroatoms. The fraction of sp³-hybridized carbons (Fsp3) is 0.235. The lowest BCUT2D eigenvalue weighted by Crippen LogP contribution is -2.34. The van der Waals surface area contributed by atoms with E-state index in [0.717, 1.165) is 16.0 Å². The Hall–Kier alpha value is -1.78. The maximum atomic E-state index is 12.1. The van der Waals surface area contributed by atoms with Crippen molar-refractivity contribution in [3.05, 3.63) is 65.7 Å². The first-order chi connectivity index (χ1) is 10.2. The van der Waals surface area contributed by atoms with E-state index < -0.39 is 6.10 Å². The van der Waals surface area contributed by atoms with Crippen molar-refractivity contribution in [2.75, 3.05) is 5.75 Å². The van der Waals surface area contributed by atoms with Gasteiger partial charge in [-0.1, -0.05) is 42.5 Å². The number of aliphatic hydroxyl groups excluding tert-OH is 1. The van der Waals surface area contributed by atoms with Gasteiger partial charge in [-0.3, -0.25) is 4.79 Å². The third-order valence-electron chi connectivity index (χ3n) is 3.63. The minimum atomic E-state index is -0.534. The van der Waals surface area contributed by atoms with Crippen LogP contribution in [0.25, 0.3) is 0 Å². The highest BCUT2D eigenvalue weighted by Crippen LogP contribution is 2.31. The molecule has 0 bridgehead atoms. The summed E-state index contributed by atoms with van der Waals surface area (Å²) < 4.78 is 0. The molecule has 1 amide bonds. The smallest absolute Gasteiger partial charge is 0.230 e. The van der Waals surface area contributed by atoms with Crippen LogP contribution in [-0.4, -0.2) is 22.9 Å². The molecule has 0 heterocycles. The zero-order valence-electron chi connectivity index (χ0n) is 11.5. The van der Waals surface area contributed by atoms with Crippen LogP contribution in [0.3, 0.4) is 0 Å². The largest absolute Gasteiger partial charge is 0.390 e. The number of hydrogen-bond acceptors (Lipinski definition) is 3. The first-order valence-corrected chi connectivity index (χ1v) is 7.95. The Bertz CT molecular complexity index is 630. The molecule has 1 aliphatic carbocycles. The summed E-state index contributed by atoms with van der Waals surface area (Å²) in [5, 5.41) is 13.1. The minimum absolute atomic E-state index is 0.0513. The molecule has 0 fully saturated rings. The van der Waals surface area contributed by atoms with E-state index in [1.54, 1.807) is 0 Å². The molecule has 0 saturated heterocycles. The van der Waals surface area contributed by atoms with Gasteiger partial charge in [-0.15, -0.1) is 11.8 Å². The number of benzene rings is 2. The van der Waals surface area contributed by atoms with Crippen LogP contribution in [0.1, 0.15) is 17.2 Å². The molecule has 2 aromatic rings. The first kappa shape index (κ1) is 14.2. The second-order valence-electron chi connectivity index (χ2n) is 5.12. The minimum Gasteiger partial charge on any atom is -0.390 e. The molecule has 3 nitrogen and oxygen atoms in total. The van der Waals surface area contributed by atoms with Crippen LogP contribution in [0.2, 0.25) is 0 Å². The standard InChI is InChI=1S/C17H17NO2S/c19-15-10-12-6-4-5-9-14(12)17(15)18-16(20)11-21-13-7-2-1-3-8-13/h1-9,15,17,19H,10-11H2,(H,18,20). The van der Waals surface area contributed by atoms with Crippen LogP contribution in [0.4, 0.5) is 0 Å². The van der Waals surface area contributed by atoms with Gasteiger partial charge in [-0.2, -0.15) is 0 Å². The Morgan fingerprint density at radius 3 is 2.67 bits per heavy atom. The number of aliphatic hydroxyl groups is 1. The Morgan fingerprint density at radius 1 is 1.14 bits per heavy atom. The molecule has 2 atom stereocenters. The summed E-state index contributed by atoms with van der Waals surface area (Å²) in [6.07, 6.45) is 0.0699. The molecule has 21 heavy (non-hydrogen) atoms. The number of fused-ring (bicyclic) bond motifs is 1. The van der Waals surface area contributed by atoms with Crippen LogP contribution in [0.15, 0.2) is 59.5 Å². The van der Waals surface area contributed by atoms with Gasteiger partial charge in [0.25, 0.3) is 0 Å². The molecule has 1 aliphatic rings. The van der Waals surface area contributed by atoms with E-state index in [1.807, 2.05) is 54.6 Å². The van der Waals surface area contributed by atoms with Gasteiger partial charge in [0.1, 0.15) is 0 Å². The number of nitrogens with one attached hydrogen (secondary N) is 1. The number of carbonyl (C=O) groups is 1. The highest BCUT2D eigenvalue weighted by Gasteiger charge is 2.31. The summed E-state index contributed by atoms with van der Waals surface area (Å²) >= 11 is 1.50. The Morgan fingerprint density at radius 2 is 1.86 bits per heavy atom. The van der Waals surface area contributed by atoms with Crippen molar-refractivity contribution >= 4 is 17.7 Å². The molecule has 0 radical (unpaired) electrons. The van der Waals surface area contributed by atoms with Crippen molar-refractivity contribution < 1.29 is 9.90 Å². The quantitative estimate of drug-likeness (QED) is 0.853. The number of rotatable bonds is 4. The van der Waals surface area contributed by atoms with Crippen LogP contribution in [0, 0.1) is 0 Å². The Kier molecular flexibility index (Phi) is 4.27. The van der Waals surface area contributed by atoms with Crippen molar-refractivity contribution in [1.29, 1.82) is 0 Å². The molecule has 0 saturated carbocycles. The van der Waals surface area contributed by atoms with Gasteiger partial charge in [0.15, 0.2) is 0 Å². The van der Waals surface area contributed by atoms with E-state index in [4.69, 9.17) is 0 Å². The van der Waals surface area contributed by atoms with Gasteiger partial charge in [-0.05, 0) is 23.3 Å². The summed E-state index contributed by atoms with van der Waals surface area (Å²) in [6.45, 7) is 0. The zero-order chi connectivity index (χ0) is 14.7. The zero-order valence-corrected chi connectivity index (χ0v) is 12.3. The molecule has 2 unspecified atom stereocenters. The van der Waals surface area contributed by atoms with E-state index in [9.17, 15) is 9.90 Å². The summed E-state index contributed by atoms with van der Waals surface area (Å²) in [4.78, 5) is 13.2. The normalized spacial score (nSPS) is 20.0. The SMILES string of the molecule is O=C(CSc1ccccc1)NC1c2ccccc2CC1O. The van der Waals surface area contributed by atoms with E-state index in [1.165, 1.54) is 11.8 Å². The summed E-state index contributed by atoms with van der Waals surface area (Å²) in [6, 6.07) is 17.4. The number of carbonyl (C=O) groups excluding carboxylic acids is 1. The third-order valence-corrected chi connectivity index (χ3v) is 4.65. The number of thioether (sulfide) groups is 1. The van der Waals surface area contributed by atoms with Gasteiger partial charge in [0.2, 0.25) is 5.91 Å². The molecular formula is C17H17NO2S. The molecule has 0 aromatic heterocycles. The molecule has 0 spiro atoms. The highest BCUT2D eigenvalue weighted by atomic mass is 32.2. The topological polar surface area (TPSA) is 49.3 Å². The van der Waals surface area contributed by atoms with Crippen LogP contribution in [-0.2, 0) is 11.2 Å². The molecule has 2 aromatic carbocycles. The lowest BCUT2D eigenvalue weighted by atomic mass is 10.1. The predicted molar refractivity (Wildman–Crippen MR) is 84.2 cm³/mol. The second-order valence-corrected chi connectivity index (χ2v) is 6.17. The van der Waals surface area contributed by atoms with Crippen molar-refractivity contribution in [1.82, 2.24) is 5.32 Å². The number of amides is 1. The second kappa shape index (κ2) is 6.33. The van der Waals surface area contributed by atoms with Gasteiger partial charge in [0, 0.05) is 11.3 Å². The maximum absolute atomic E-state index is 12.1. The van der Waals surface area contributed by atoms with Crippen LogP contribution >= 0.6 is 11.8 Å². The molecule has 3 rings (SSSR count). The first-order valence-electron chi connectivity index (χ1n) is 6.97. The van der Waals surface area contributed by atoms with Crippen LogP contribution < -0.4 is 5.32 Å². The van der Waals surface area contributed by atoms with Gasteiger partial charge in [0.05, 0.1) is 17.9 Å². The van der Waals surface area contributed by atoms with Gasteiger partial charge < -0.3 is 10.4 Å². The molecule has 108 valence electrons. The molecular weight excluding hydrogens is 282 g/mol. The third kappa shape index (κ3) is 3.28. The average Bonchev–Trinajstić information content (AvgIpc) is 2.82. The lowest BCUT2D eigenvalue weighted by molar-refractivity contribution is -0.120. The van der Waals surface area contributed by atoms with Crippen molar-refractivity contribution in [3.8, 4) is 0 Å². The monoisotopic (exact) mass is 299 g/mol. The predicted octanol–water partition coefficient (Wildman–Crippen LogP) is 2.55. The molecule has 2 N–H and O–H groups in total. The van der Waals surface area contributed by atoms with Crippen molar-refractivity contribution in [2.24, 2.45) is 0 Å². The van der Waals surface area contributed by atoms with E-state index in [0.29, 0.717) is 12.2 Å². The van der Waals surface area contributed by atoms with E-state index in [-0.39, 0.29) is 11.9 Å². The molecule has 0 aliphatic heterocycles. The number of hydrogen-bond donors (Lipinski definition) is 2. The Labute approximate surface area is 128 Å². The van der Waals surface area contributed by atoms with E-state index in [2.05, 4.69) is 5.32 Å². The van der Waals surface area contributed by atoms with E-state index >= 15 is 0 Å². The summed E-state index contributed by atoms with van der Waals surface area (Å²) in [5.41, 5.74) is 2.15.